The molecular weight excluding hydrogens is 248 g/mol. The van der Waals surface area contributed by atoms with Crippen LogP contribution in [0.25, 0.3) is 0 Å². The molecule has 5 heteroatoms. The molecule has 4 nitrogen and oxygen atoms in total. The van der Waals surface area contributed by atoms with Crippen molar-refractivity contribution in [1.82, 2.24) is 10.0 Å². The molecule has 1 saturated carbocycles. The van der Waals surface area contributed by atoms with Crippen LogP contribution in [0.1, 0.15) is 25.3 Å². The number of hydrogen-bond donors (Lipinski definition) is 2. The van der Waals surface area contributed by atoms with Crippen LogP contribution in [0.15, 0.2) is 29.2 Å². The van der Waals surface area contributed by atoms with Gasteiger partial charge in [-0.15, -0.1) is 0 Å². The van der Waals surface area contributed by atoms with Crippen LogP contribution in [0.5, 0.6) is 0 Å². The lowest BCUT2D eigenvalue weighted by atomic mass is 10.1. The predicted octanol–water partition coefficient (Wildman–Crippen LogP) is 1.28. The first kappa shape index (κ1) is 13.5. The fourth-order valence-electron chi connectivity index (χ4n) is 1.82. The Bertz CT molecular complexity index is 478. The molecule has 0 unspecified atom stereocenters. The molecule has 0 amide bonds. The third kappa shape index (κ3) is 3.80. The zero-order valence-corrected chi connectivity index (χ0v) is 11.5. The quantitative estimate of drug-likeness (QED) is 0.783. The third-order valence-electron chi connectivity index (χ3n) is 2.99. The molecule has 0 saturated heterocycles. The molecule has 1 fully saturated rings. The normalized spacial score (nSPS) is 15.8. The lowest BCUT2D eigenvalue weighted by molar-refractivity contribution is 0.584. The second kappa shape index (κ2) is 5.82. The highest BCUT2D eigenvalue weighted by Crippen LogP contribution is 2.18. The summed E-state index contributed by atoms with van der Waals surface area (Å²) >= 11 is 0. The van der Waals surface area contributed by atoms with E-state index in [0.717, 1.165) is 19.0 Å². The lowest BCUT2D eigenvalue weighted by Crippen LogP contribution is -2.23. The van der Waals surface area contributed by atoms with E-state index in [4.69, 9.17) is 0 Å². The smallest absolute Gasteiger partial charge is 0.240 e. The van der Waals surface area contributed by atoms with Gasteiger partial charge < -0.3 is 5.32 Å². The van der Waals surface area contributed by atoms with Crippen molar-refractivity contribution in [3.05, 3.63) is 29.8 Å². The second-order valence-electron chi connectivity index (χ2n) is 4.62. The molecule has 0 bridgehead atoms. The Morgan fingerprint density at radius 2 is 1.89 bits per heavy atom. The van der Waals surface area contributed by atoms with Crippen LogP contribution >= 0.6 is 0 Å². The molecule has 0 aliphatic heterocycles. The SMILES string of the molecule is CCNS(=O)(=O)c1ccc(CCNC2CC2)cc1. The second-order valence-corrected chi connectivity index (χ2v) is 6.39. The monoisotopic (exact) mass is 268 g/mol. The van der Waals surface area contributed by atoms with Gasteiger partial charge in [0.25, 0.3) is 0 Å². The number of rotatable bonds is 7. The van der Waals surface area contributed by atoms with Crippen molar-refractivity contribution < 1.29 is 8.42 Å². The van der Waals surface area contributed by atoms with Crippen molar-refractivity contribution in [2.75, 3.05) is 13.1 Å². The molecule has 18 heavy (non-hydrogen) atoms. The van der Waals surface area contributed by atoms with Crippen molar-refractivity contribution in [3.63, 3.8) is 0 Å². The molecular formula is C13H20N2O2S. The maximum Gasteiger partial charge on any atom is 0.240 e. The van der Waals surface area contributed by atoms with Gasteiger partial charge in [-0.1, -0.05) is 19.1 Å². The average molecular weight is 268 g/mol. The highest BCUT2D eigenvalue weighted by atomic mass is 32.2. The zero-order valence-electron chi connectivity index (χ0n) is 10.6. The standard InChI is InChI=1S/C13H20N2O2S/c1-2-15-18(16,17)13-7-3-11(4-8-13)9-10-14-12-5-6-12/h3-4,7-8,12,14-15H,2,5-6,9-10H2,1H3. The number of nitrogens with one attached hydrogen (secondary N) is 2. The lowest BCUT2D eigenvalue weighted by Gasteiger charge is -2.06. The molecule has 0 atom stereocenters. The van der Waals surface area contributed by atoms with Gasteiger partial charge in [0.15, 0.2) is 0 Å². The van der Waals surface area contributed by atoms with E-state index < -0.39 is 10.0 Å². The third-order valence-corrected chi connectivity index (χ3v) is 4.55. The molecule has 1 aromatic carbocycles. The molecule has 2 N–H and O–H groups in total. The van der Waals surface area contributed by atoms with E-state index in [0.29, 0.717) is 11.4 Å². The Morgan fingerprint density at radius 3 is 2.44 bits per heavy atom. The molecule has 0 spiro atoms. The Labute approximate surface area is 109 Å². The van der Waals surface area contributed by atoms with Crippen LogP contribution in [0.4, 0.5) is 0 Å². The molecule has 0 radical (unpaired) electrons. The van der Waals surface area contributed by atoms with Gasteiger partial charge in [-0.05, 0) is 43.5 Å². The summed E-state index contributed by atoms with van der Waals surface area (Å²) in [4.78, 5) is 0.336. The van der Waals surface area contributed by atoms with E-state index in [-0.39, 0.29) is 0 Å². The first-order valence-corrected chi connectivity index (χ1v) is 7.92. The van der Waals surface area contributed by atoms with Gasteiger partial charge >= 0.3 is 0 Å². The number of sulfonamides is 1. The molecule has 1 aromatic rings. The van der Waals surface area contributed by atoms with Gasteiger partial charge in [-0.3, -0.25) is 0 Å². The number of benzene rings is 1. The molecule has 1 aliphatic carbocycles. The van der Waals surface area contributed by atoms with E-state index in [1.165, 1.54) is 18.4 Å². The predicted molar refractivity (Wildman–Crippen MR) is 72.0 cm³/mol. The van der Waals surface area contributed by atoms with Crippen LogP contribution < -0.4 is 10.0 Å². The number of hydrogen-bond acceptors (Lipinski definition) is 3. The van der Waals surface area contributed by atoms with E-state index in [1.807, 2.05) is 12.1 Å². The van der Waals surface area contributed by atoms with Crippen LogP contribution in [0.2, 0.25) is 0 Å². The van der Waals surface area contributed by atoms with Crippen LogP contribution in [0.3, 0.4) is 0 Å². The van der Waals surface area contributed by atoms with E-state index in [1.54, 1.807) is 19.1 Å². The van der Waals surface area contributed by atoms with Crippen LogP contribution in [-0.4, -0.2) is 27.5 Å². The fraction of sp³-hybridized carbons (Fsp3) is 0.538. The van der Waals surface area contributed by atoms with Gasteiger partial charge in [0.05, 0.1) is 4.90 Å². The van der Waals surface area contributed by atoms with E-state index >= 15 is 0 Å². The molecule has 2 rings (SSSR count). The summed E-state index contributed by atoms with van der Waals surface area (Å²) in [5, 5.41) is 3.44. The minimum atomic E-state index is -3.32. The van der Waals surface area contributed by atoms with Crippen molar-refractivity contribution in [3.8, 4) is 0 Å². The average Bonchev–Trinajstić information content (AvgIpc) is 3.14. The molecule has 100 valence electrons. The van der Waals surface area contributed by atoms with Crippen molar-refractivity contribution in [1.29, 1.82) is 0 Å². The maximum absolute atomic E-state index is 11.7. The Balaban J connectivity index is 1.91. The molecule has 0 heterocycles. The minimum Gasteiger partial charge on any atom is -0.314 e. The summed E-state index contributed by atoms with van der Waals surface area (Å²) in [6.45, 7) is 3.15. The maximum atomic E-state index is 11.7. The van der Waals surface area contributed by atoms with Gasteiger partial charge in [0.1, 0.15) is 0 Å². The summed E-state index contributed by atoms with van der Waals surface area (Å²) in [7, 11) is -3.32. The summed E-state index contributed by atoms with van der Waals surface area (Å²) in [5.74, 6) is 0. The highest BCUT2D eigenvalue weighted by Gasteiger charge is 2.19. The summed E-state index contributed by atoms with van der Waals surface area (Å²) < 4.78 is 25.9. The summed E-state index contributed by atoms with van der Waals surface area (Å²) in [6.07, 6.45) is 3.53. The summed E-state index contributed by atoms with van der Waals surface area (Å²) in [6, 6.07) is 7.84. The topological polar surface area (TPSA) is 58.2 Å². The Hall–Kier alpha value is -0.910. The van der Waals surface area contributed by atoms with Gasteiger partial charge in [-0.25, -0.2) is 13.1 Å². The molecule has 1 aliphatic rings. The Morgan fingerprint density at radius 1 is 1.22 bits per heavy atom. The van der Waals surface area contributed by atoms with Gasteiger partial charge in [0, 0.05) is 12.6 Å². The highest BCUT2D eigenvalue weighted by molar-refractivity contribution is 7.89. The van der Waals surface area contributed by atoms with Gasteiger partial charge in [-0.2, -0.15) is 0 Å². The zero-order chi connectivity index (χ0) is 13.0. The van der Waals surface area contributed by atoms with Crippen molar-refractivity contribution in [2.24, 2.45) is 0 Å². The van der Waals surface area contributed by atoms with Crippen molar-refractivity contribution >= 4 is 10.0 Å². The first-order valence-electron chi connectivity index (χ1n) is 6.44. The summed E-state index contributed by atoms with van der Waals surface area (Å²) in [5.41, 5.74) is 1.17. The molecule has 0 aromatic heterocycles. The fourth-order valence-corrected chi connectivity index (χ4v) is 2.86. The minimum absolute atomic E-state index is 0.336. The van der Waals surface area contributed by atoms with Crippen LogP contribution in [-0.2, 0) is 16.4 Å². The van der Waals surface area contributed by atoms with Gasteiger partial charge in [0.2, 0.25) is 10.0 Å². The van der Waals surface area contributed by atoms with Crippen molar-refractivity contribution in [2.45, 2.75) is 37.1 Å². The first-order chi connectivity index (χ1) is 8.62. The largest absolute Gasteiger partial charge is 0.314 e. The van der Waals surface area contributed by atoms with E-state index in [9.17, 15) is 8.42 Å². The van der Waals surface area contributed by atoms with Crippen LogP contribution in [0, 0.1) is 0 Å². The van der Waals surface area contributed by atoms with E-state index in [2.05, 4.69) is 10.0 Å². The Kier molecular flexibility index (Phi) is 4.37.